The molecule has 0 unspecified atom stereocenters. The Labute approximate surface area is 136 Å². The number of nitrogens with zero attached hydrogens (tertiary/aromatic N) is 2. The quantitative estimate of drug-likeness (QED) is 0.926. The Kier molecular flexibility index (Phi) is 4.04. The molecule has 1 aliphatic rings. The first-order valence-corrected chi connectivity index (χ1v) is 8.32. The highest BCUT2D eigenvalue weighted by atomic mass is 16.2. The van der Waals surface area contributed by atoms with Gasteiger partial charge in [0.1, 0.15) is 0 Å². The van der Waals surface area contributed by atoms with Gasteiger partial charge in [0, 0.05) is 25.6 Å². The second-order valence-electron chi connectivity index (χ2n) is 7.67. The fourth-order valence-corrected chi connectivity index (χ4v) is 3.38. The van der Waals surface area contributed by atoms with Crippen LogP contribution in [-0.4, -0.2) is 33.4 Å². The highest BCUT2D eigenvalue weighted by Crippen LogP contribution is 2.27. The SMILES string of the molecule is CC(C)(C)CC(=O)N1CCC(n2c(=O)[nH]c3ccccc32)CC1. The molecule has 1 saturated heterocycles. The van der Waals surface area contributed by atoms with E-state index in [1.807, 2.05) is 33.7 Å². The van der Waals surface area contributed by atoms with Crippen LogP contribution in [0.25, 0.3) is 11.0 Å². The van der Waals surface area contributed by atoms with E-state index in [4.69, 9.17) is 0 Å². The average Bonchev–Trinajstić information content (AvgIpc) is 2.81. The lowest BCUT2D eigenvalue weighted by molar-refractivity contribution is -0.134. The fraction of sp³-hybridized carbons (Fsp3) is 0.556. The molecule has 0 radical (unpaired) electrons. The van der Waals surface area contributed by atoms with Gasteiger partial charge in [-0.1, -0.05) is 32.9 Å². The fourth-order valence-electron chi connectivity index (χ4n) is 3.38. The van der Waals surface area contributed by atoms with Gasteiger partial charge in [0.2, 0.25) is 5.91 Å². The molecular formula is C18H25N3O2. The van der Waals surface area contributed by atoms with E-state index in [0.717, 1.165) is 37.0 Å². The number of H-pyrrole nitrogens is 1. The molecule has 1 aromatic carbocycles. The Morgan fingerprint density at radius 1 is 1.22 bits per heavy atom. The predicted octanol–water partition coefficient (Wildman–Crippen LogP) is 2.93. The van der Waals surface area contributed by atoms with Gasteiger partial charge in [0.05, 0.1) is 11.0 Å². The third kappa shape index (κ3) is 3.33. The van der Waals surface area contributed by atoms with Crippen LogP contribution < -0.4 is 5.69 Å². The molecule has 0 atom stereocenters. The number of amides is 1. The Bertz CT molecular complexity index is 758. The number of piperidine rings is 1. The van der Waals surface area contributed by atoms with Crippen molar-refractivity contribution in [1.29, 1.82) is 0 Å². The van der Waals surface area contributed by atoms with Crippen molar-refractivity contribution in [2.75, 3.05) is 13.1 Å². The third-order valence-electron chi connectivity index (χ3n) is 4.49. The molecule has 1 fully saturated rings. The largest absolute Gasteiger partial charge is 0.343 e. The molecule has 5 nitrogen and oxygen atoms in total. The summed E-state index contributed by atoms with van der Waals surface area (Å²) < 4.78 is 1.86. The molecule has 23 heavy (non-hydrogen) atoms. The first kappa shape index (κ1) is 15.8. The maximum absolute atomic E-state index is 12.3. The first-order valence-electron chi connectivity index (χ1n) is 8.32. The number of carbonyl (C=O) groups is 1. The number of imidazole rings is 1. The maximum Gasteiger partial charge on any atom is 0.326 e. The molecule has 1 aliphatic heterocycles. The van der Waals surface area contributed by atoms with Crippen LogP contribution in [0.15, 0.2) is 29.1 Å². The lowest BCUT2D eigenvalue weighted by atomic mass is 9.91. The monoisotopic (exact) mass is 315 g/mol. The molecule has 1 amide bonds. The molecular weight excluding hydrogens is 290 g/mol. The van der Waals surface area contributed by atoms with Crippen LogP contribution in [0.5, 0.6) is 0 Å². The molecule has 3 rings (SSSR count). The highest BCUT2D eigenvalue weighted by molar-refractivity contribution is 5.77. The standard InChI is InChI=1S/C18H25N3O2/c1-18(2,3)12-16(22)20-10-8-13(9-11-20)21-15-7-5-4-6-14(15)19-17(21)23/h4-7,13H,8-12H2,1-3H3,(H,19,23). The first-order chi connectivity index (χ1) is 10.8. The van der Waals surface area contributed by atoms with E-state index in [-0.39, 0.29) is 23.1 Å². The van der Waals surface area contributed by atoms with Gasteiger partial charge >= 0.3 is 5.69 Å². The van der Waals surface area contributed by atoms with Crippen LogP contribution in [-0.2, 0) is 4.79 Å². The van der Waals surface area contributed by atoms with E-state index < -0.39 is 0 Å². The van der Waals surface area contributed by atoms with E-state index in [1.54, 1.807) is 0 Å². The molecule has 5 heteroatoms. The minimum absolute atomic E-state index is 0.0156. The number of fused-ring (bicyclic) bond motifs is 1. The minimum atomic E-state index is -0.0503. The van der Waals surface area contributed by atoms with Crippen molar-refractivity contribution < 1.29 is 4.79 Å². The van der Waals surface area contributed by atoms with Gasteiger partial charge in [-0.25, -0.2) is 4.79 Å². The van der Waals surface area contributed by atoms with Crippen molar-refractivity contribution >= 4 is 16.9 Å². The van der Waals surface area contributed by atoms with Crippen molar-refractivity contribution in [3.63, 3.8) is 0 Å². The van der Waals surface area contributed by atoms with E-state index in [2.05, 4.69) is 25.8 Å². The Morgan fingerprint density at radius 2 is 1.87 bits per heavy atom. The molecule has 1 aromatic heterocycles. The molecule has 0 spiro atoms. The van der Waals surface area contributed by atoms with Crippen LogP contribution >= 0.6 is 0 Å². The zero-order valence-corrected chi connectivity index (χ0v) is 14.1. The lowest BCUT2D eigenvalue weighted by Crippen LogP contribution is -2.41. The summed E-state index contributed by atoms with van der Waals surface area (Å²) in [6.45, 7) is 7.71. The number of para-hydroxylation sites is 2. The number of hydrogen-bond acceptors (Lipinski definition) is 2. The summed E-state index contributed by atoms with van der Waals surface area (Å²) in [6, 6.07) is 7.95. The van der Waals surface area contributed by atoms with E-state index in [1.165, 1.54) is 0 Å². The van der Waals surface area contributed by atoms with Gasteiger partial charge in [-0.3, -0.25) is 9.36 Å². The Balaban J connectivity index is 1.73. The van der Waals surface area contributed by atoms with Gasteiger partial charge in [0.25, 0.3) is 0 Å². The number of carbonyl (C=O) groups excluding carboxylic acids is 1. The summed E-state index contributed by atoms with van der Waals surface area (Å²) in [6.07, 6.45) is 2.24. The Morgan fingerprint density at radius 3 is 2.52 bits per heavy atom. The normalized spacial score (nSPS) is 16.9. The smallest absolute Gasteiger partial charge is 0.326 e. The second kappa shape index (κ2) is 5.87. The van der Waals surface area contributed by atoms with E-state index in [9.17, 15) is 9.59 Å². The van der Waals surface area contributed by atoms with Crippen molar-refractivity contribution in [2.24, 2.45) is 5.41 Å². The molecule has 2 heterocycles. The number of nitrogens with one attached hydrogen (secondary N) is 1. The number of aromatic amines is 1. The van der Waals surface area contributed by atoms with Gasteiger partial charge < -0.3 is 9.88 Å². The molecule has 124 valence electrons. The summed E-state index contributed by atoms with van der Waals surface area (Å²) in [5.74, 6) is 0.224. The summed E-state index contributed by atoms with van der Waals surface area (Å²) >= 11 is 0. The summed E-state index contributed by atoms with van der Waals surface area (Å²) in [4.78, 5) is 29.5. The molecule has 2 aromatic rings. The lowest BCUT2D eigenvalue weighted by Gasteiger charge is -2.34. The molecule has 0 saturated carbocycles. The third-order valence-corrected chi connectivity index (χ3v) is 4.49. The summed E-state index contributed by atoms with van der Waals surface area (Å²) in [5, 5.41) is 0. The number of likely N-dealkylation sites (tertiary alicyclic amines) is 1. The van der Waals surface area contributed by atoms with E-state index >= 15 is 0 Å². The van der Waals surface area contributed by atoms with Crippen LogP contribution in [0.3, 0.4) is 0 Å². The van der Waals surface area contributed by atoms with Gasteiger partial charge in [-0.2, -0.15) is 0 Å². The van der Waals surface area contributed by atoms with E-state index in [0.29, 0.717) is 6.42 Å². The second-order valence-corrected chi connectivity index (χ2v) is 7.67. The van der Waals surface area contributed by atoms with Crippen LogP contribution in [0.2, 0.25) is 0 Å². The molecule has 1 N–H and O–H groups in total. The number of benzene rings is 1. The van der Waals surface area contributed by atoms with Crippen molar-refractivity contribution in [3.05, 3.63) is 34.7 Å². The zero-order valence-electron chi connectivity index (χ0n) is 14.1. The number of hydrogen-bond donors (Lipinski definition) is 1. The summed E-state index contributed by atoms with van der Waals surface area (Å²) in [5.41, 5.74) is 1.80. The van der Waals surface area contributed by atoms with Gasteiger partial charge in [-0.05, 0) is 30.4 Å². The number of aromatic nitrogens is 2. The van der Waals surface area contributed by atoms with Crippen molar-refractivity contribution in [2.45, 2.75) is 46.1 Å². The van der Waals surface area contributed by atoms with Gasteiger partial charge in [-0.15, -0.1) is 0 Å². The van der Waals surface area contributed by atoms with Crippen molar-refractivity contribution in [3.8, 4) is 0 Å². The average molecular weight is 315 g/mol. The molecule has 0 aliphatic carbocycles. The van der Waals surface area contributed by atoms with Crippen LogP contribution in [0, 0.1) is 5.41 Å². The van der Waals surface area contributed by atoms with Crippen molar-refractivity contribution in [1.82, 2.24) is 14.5 Å². The Hall–Kier alpha value is -2.04. The summed E-state index contributed by atoms with van der Waals surface area (Å²) in [7, 11) is 0. The predicted molar refractivity (Wildman–Crippen MR) is 91.5 cm³/mol. The topological polar surface area (TPSA) is 58.1 Å². The minimum Gasteiger partial charge on any atom is -0.343 e. The molecule has 0 bridgehead atoms. The van der Waals surface area contributed by atoms with Crippen LogP contribution in [0.4, 0.5) is 0 Å². The number of rotatable bonds is 2. The van der Waals surface area contributed by atoms with Gasteiger partial charge in [0.15, 0.2) is 0 Å². The highest BCUT2D eigenvalue weighted by Gasteiger charge is 2.27. The maximum atomic E-state index is 12.3. The van der Waals surface area contributed by atoms with Crippen LogP contribution in [0.1, 0.15) is 46.1 Å². The zero-order chi connectivity index (χ0) is 16.6.